The molecule has 0 saturated carbocycles. The Labute approximate surface area is 153 Å². The average Bonchev–Trinajstić information content (AvgIpc) is 2.81. The monoisotopic (exact) mass is 351 g/mol. The number of fused-ring (bicyclic) bond motifs is 1. The van der Waals surface area contributed by atoms with E-state index in [4.69, 9.17) is 5.73 Å². The van der Waals surface area contributed by atoms with Gasteiger partial charge in [0.15, 0.2) is 0 Å². The van der Waals surface area contributed by atoms with Crippen molar-refractivity contribution in [1.82, 2.24) is 5.06 Å². The van der Waals surface area contributed by atoms with Crippen LogP contribution in [0.15, 0.2) is 53.4 Å². The summed E-state index contributed by atoms with van der Waals surface area (Å²) in [6.45, 7) is 7.58. The third-order valence-corrected chi connectivity index (χ3v) is 4.82. The largest absolute Gasteiger partial charge is 0.757 e. The molecule has 3 rings (SSSR count). The second kappa shape index (κ2) is 6.46. The van der Waals surface area contributed by atoms with Crippen LogP contribution in [0.25, 0.3) is 5.57 Å². The summed E-state index contributed by atoms with van der Waals surface area (Å²) in [6, 6.07) is 5.78. The molecule has 0 spiro atoms. The molecule has 2 heterocycles. The second-order valence-electron chi connectivity index (χ2n) is 6.98. The Morgan fingerprint density at radius 3 is 2.77 bits per heavy atom. The van der Waals surface area contributed by atoms with Crippen LogP contribution in [-0.4, -0.2) is 23.4 Å². The maximum absolute atomic E-state index is 13.0. The number of carbonyl (C=O) groups excluding carboxylic acids is 1. The van der Waals surface area contributed by atoms with Crippen LogP contribution in [0.3, 0.4) is 0 Å². The van der Waals surface area contributed by atoms with E-state index in [-0.39, 0.29) is 12.5 Å². The van der Waals surface area contributed by atoms with Gasteiger partial charge in [0.25, 0.3) is 0 Å². The van der Waals surface area contributed by atoms with E-state index in [9.17, 15) is 10.0 Å². The standard InChI is InChI=1S/C20H23N4O2/c1-5-6-7-18(21)24-17-10-14(15-11-22-13(2)23(26)12-15)8-9-16(17)20(3,4)19(24)25/h5-11H,12,21H2,1-4H3/q-1/b6-5+,18-7+. The lowest BCUT2D eigenvalue weighted by atomic mass is 9.85. The SMILES string of the molecule is C/C=C/C=C(\N)N1C(=O)C(C)(C)c2ccc(C3=CN=C(C)N([O-])C3)cc21. The molecule has 2 aliphatic heterocycles. The molecular formula is C20H23N4O2-. The van der Waals surface area contributed by atoms with Crippen molar-refractivity contribution in [2.75, 3.05) is 11.4 Å². The van der Waals surface area contributed by atoms with Crippen LogP contribution in [-0.2, 0) is 10.2 Å². The van der Waals surface area contributed by atoms with Gasteiger partial charge in [0.2, 0.25) is 5.91 Å². The van der Waals surface area contributed by atoms with Gasteiger partial charge in [-0.05, 0) is 56.5 Å². The van der Waals surface area contributed by atoms with Gasteiger partial charge >= 0.3 is 0 Å². The molecule has 0 fully saturated rings. The van der Waals surface area contributed by atoms with Crippen molar-refractivity contribution < 1.29 is 4.79 Å². The van der Waals surface area contributed by atoms with Gasteiger partial charge in [-0.25, -0.2) is 4.99 Å². The fourth-order valence-electron chi connectivity index (χ4n) is 3.19. The summed E-state index contributed by atoms with van der Waals surface area (Å²) in [6.07, 6.45) is 7.07. The summed E-state index contributed by atoms with van der Waals surface area (Å²) in [4.78, 5) is 18.6. The minimum Gasteiger partial charge on any atom is -0.757 e. The fourth-order valence-corrected chi connectivity index (χ4v) is 3.19. The van der Waals surface area contributed by atoms with E-state index < -0.39 is 5.41 Å². The van der Waals surface area contributed by atoms with Gasteiger partial charge in [0.05, 0.1) is 16.9 Å². The first-order valence-corrected chi connectivity index (χ1v) is 8.53. The van der Waals surface area contributed by atoms with E-state index in [0.29, 0.717) is 11.7 Å². The van der Waals surface area contributed by atoms with Crippen molar-refractivity contribution in [3.05, 3.63) is 64.8 Å². The molecule has 136 valence electrons. The summed E-state index contributed by atoms with van der Waals surface area (Å²) >= 11 is 0. The Bertz CT molecular complexity index is 878. The van der Waals surface area contributed by atoms with Gasteiger partial charge in [-0.1, -0.05) is 24.3 Å². The van der Waals surface area contributed by atoms with E-state index in [0.717, 1.165) is 27.5 Å². The summed E-state index contributed by atoms with van der Waals surface area (Å²) in [7, 11) is 0. The zero-order valence-corrected chi connectivity index (χ0v) is 15.5. The zero-order chi connectivity index (χ0) is 19.1. The van der Waals surface area contributed by atoms with Crippen LogP contribution in [0.1, 0.15) is 38.8 Å². The average molecular weight is 351 g/mol. The number of hydrogen-bond acceptors (Lipinski definition) is 5. The molecule has 0 bridgehead atoms. The van der Waals surface area contributed by atoms with Gasteiger partial charge in [-0.2, -0.15) is 0 Å². The molecule has 6 heteroatoms. The molecule has 0 saturated heterocycles. The highest BCUT2D eigenvalue weighted by Gasteiger charge is 2.44. The number of nitrogens with two attached hydrogens (primary N) is 1. The van der Waals surface area contributed by atoms with Gasteiger partial charge in [-0.15, -0.1) is 0 Å². The third kappa shape index (κ3) is 2.82. The molecule has 1 aromatic carbocycles. The van der Waals surface area contributed by atoms with Crippen LogP contribution in [0.2, 0.25) is 0 Å². The van der Waals surface area contributed by atoms with Gasteiger partial charge in [-0.3, -0.25) is 9.69 Å². The van der Waals surface area contributed by atoms with E-state index in [1.807, 2.05) is 45.0 Å². The maximum atomic E-state index is 13.0. The summed E-state index contributed by atoms with van der Waals surface area (Å²) < 4.78 is 0. The van der Waals surface area contributed by atoms with E-state index in [1.165, 1.54) is 0 Å². The van der Waals surface area contributed by atoms with Crippen molar-refractivity contribution in [1.29, 1.82) is 0 Å². The summed E-state index contributed by atoms with van der Waals surface area (Å²) in [5, 5.41) is 12.8. The third-order valence-electron chi connectivity index (χ3n) is 4.82. The van der Waals surface area contributed by atoms with Crippen LogP contribution in [0.5, 0.6) is 0 Å². The van der Waals surface area contributed by atoms with Crippen LogP contribution in [0.4, 0.5) is 5.69 Å². The fraction of sp³-hybridized carbons (Fsp3) is 0.300. The molecule has 0 aromatic heterocycles. The first kappa shape index (κ1) is 17.9. The minimum atomic E-state index is -0.664. The predicted octanol–water partition coefficient (Wildman–Crippen LogP) is 3.26. The number of aliphatic imine (C=N–C) groups is 1. The van der Waals surface area contributed by atoms with Crippen LogP contribution < -0.4 is 10.6 Å². The molecular weight excluding hydrogens is 328 g/mol. The number of rotatable bonds is 3. The van der Waals surface area contributed by atoms with Crippen molar-refractivity contribution in [2.45, 2.75) is 33.1 Å². The highest BCUT2D eigenvalue weighted by Crippen LogP contribution is 2.44. The lowest BCUT2D eigenvalue weighted by Crippen LogP contribution is -2.38. The number of amidine groups is 1. The molecule has 0 unspecified atom stereocenters. The highest BCUT2D eigenvalue weighted by atomic mass is 16.5. The Morgan fingerprint density at radius 1 is 1.38 bits per heavy atom. The highest BCUT2D eigenvalue weighted by molar-refractivity contribution is 6.10. The summed E-state index contributed by atoms with van der Waals surface area (Å²) in [5.74, 6) is 0.736. The number of anilines is 1. The number of benzene rings is 1. The van der Waals surface area contributed by atoms with Gasteiger partial charge in [0.1, 0.15) is 5.82 Å². The molecule has 1 aromatic rings. The molecule has 6 nitrogen and oxygen atoms in total. The molecule has 2 N–H and O–H groups in total. The number of hydrogen-bond donors (Lipinski definition) is 1. The van der Waals surface area contributed by atoms with E-state index >= 15 is 0 Å². The Hall–Kier alpha value is -2.86. The zero-order valence-electron chi connectivity index (χ0n) is 15.5. The Kier molecular flexibility index (Phi) is 4.46. The second-order valence-corrected chi connectivity index (χ2v) is 6.98. The lowest BCUT2D eigenvalue weighted by molar-refractivity contribution is -0.121. The molecule has 1 amide bonds. The number of amides is 1. The van der Waals surface area contributed by atoms with Gasteiger partial charge < -0.3 is 16.0 Å². The molecule has 2 aliphatic rings. The Balaban J connectivity index is 2.10. The summed E-state index contributed by atoms with van der Waals surface area (Å²) in [5.41, 5.74) is 8.85. The van der Waals surface area contributed by atoms with E-state index in [1.54, 1.807) is 30.2 Å². The smallest absolute Gasteiger partial charge is 0.242 e. The predicted molar refractivity (Wildman–Crippen MR) is 105 cm³/mol. The topological polar surface area (TPSA) is 85.0 Å². The minimum absolute atomic E-state index is 0.0696. The maximum Gasteiger partial charge on any atom is 0.242 e. The number of allylic oxidation sites excluding steroid dienone is 3. The van der Waals surface area contributed by atoms with Crippen molar-refractivity contribution in [3.8, 4) is 0 Å². The van der Waals surface area contributed by atoms with E-state index in [2.05, 4.69) is 4.99 Å². The number of nitrogens with zero attached hydrogens (tertiary/aromatic N) is 3. The van der Waals surface area contributed by atoms with Crippen molar-refractivity contribution in [2.24, 2.45) is 10.7 Å². The lowest BCUT2D eigenvalue weighted by Gasteiger charge is -2.33. The Morgan fingerprint density at radius 2 is 2.12 bits per heavy atom. The molecule has 26 heavy (non-hydrogen) atoms. The molecule has 0 atom stereocenters. The van der Waals surface area contributed by atoms with Crippen LogP contribution >= 0.6 is 0 Å². The number of hydroxylamine groups is 2. The normalized spacial score (nSPS) is 19.7. The number of carbonyl (C=O) groups is 1. The molecule has 0 radical (unpaired) electrons. The van der Waals surface area contributed by atoms with Crippen LogP contribution in [0, 0.1) is 5.21 Å². The first-order chi connectivity index (χ1) is 12.3. The molecule has 0 aliphatic carbocycles. The van der Waals surface area contributed by atoms with Crippen molar-refractivity contribution in [3.63, 3.8) is 0 Å². The van der Waals surface area contributed by atoms with Gasteiger partial charge in [0, 0.05) is 12.7 Å². The first-order valence-electron chi connectivity index (χ1n) is 8.53. The van der Waals surface area contributed by atoms with Crippen molar-refractivity contribution >= 4 is 23.0 Å². The quantitative estimate of drug-likeness (QED) is 0.847.